The number of likely N-dealkylation sites (tertiary alicyclic amines) is 1. The maximum atomic E-state index is 7.00. The Hall–Kier alpha value is -0.0800. The molecule has 1 N–H and O–H groups in total. The van der Waals surface area contributed by atoms with Crippen LogP contribution in [0.1, 0.15) is 53.9 Å². The van der Waals surface area contributed by atoms with Crippen molar-refractivity contribution in [2.75, 3.05) is 26.7 Å². The van der Waals surface area contributed by atoms with Crippen molar-refractivity contribution in [2.24, 2.45) is 0 Å². The summed E-state index contributed by atoms with van der Waals surface area (Å²) in [5, 5.41) is 7.00. The zero-order chi connectivity index (χ0) is 11.8. The molecule has 0 unspecified atom stereocenters. The number of rotatable bonds is 1. The summed E-state index contributed by atoms with van der Waals surface area (Å²) in [6.07, 6.45) is 4.30. The molecule has 0 aliphatic carbocycles. The highest BCUT2D eigenvalue weighted by Crippen LogP contribution is 2.06. The van der Waals surface area contributed by atoms with Gasteiger partial charge in [0.15, 0.2) is 0 Å². The Morgan fingerprint density at radius 3 is 1.43 bits per heavy atom. The van der Waals surface area contributed by atoms with E-state index in [-0.39, 0.29) is 0 Å². The summed E-state index contributed by atoms with van der Waals surface area (Å²) in [7, 11) is 1.00. The van der Waals surface area contributed by atoms with Crippen molar-refractivity contribution in [3.63, 3.8) is 0 Å². The van der Waals surface area contributed by atoms with Gasteiger partial charge in [0.05, 0.1) is 0 Å². The Kier molecular flexibility index (Phi) is 32.1. The summed E-state index contributed by atoms with van der Waals surface area (Å²) in [5.41, 5.74) is 0. The predicted octanol–water partition coefficient (Wildman–Crippen LogP) is 3.15. The zero-order valence-corrected chi connectivity index (χ0v) is 11.1. The van der Waals surface area contributed by atoms with Gasteiger partial charge in [0.1, 0.15) is 0 Å². The number of piperidine rings is 1. The Bertz CT molecular complexity index is 61.3. The molecule has 1 rings (SSSR count). The van der Waals surface area contributed by atoms with E-state index in [4.69, 9.17) is 5.11 Å². The lowest BCUT2D eigenvalue weighted by molar-refractivity contribution is 0.240. The van der Waals surface area contributed by atoms with Gasteiger partial charge in [0, 0.05) is 7.11 Å². The molecule has 0 bridgehead atoms. The fraction of sp³-hybridized carbons (Fsp3) is 1.00. The molecule has 0 amide bonds. The quantitative estimate of drug-likeness (QED) is 0.711. The molecule has 0 spiro atoms. The van der Waals surface area contributed by atoms with E-state index in [2.05, 4.69) is 11.8 Å². The highest BCUT2D eigenvalue weighted by Gasteiger charge is 2.05. The SMILES string of the molecule is CC.CC.CCN1CCCCC1.CO. The van der Waals surface area contributed by atoms with Crippen molar-refractivity contribution in [1.29, 1.82) is 0 Å². The molecule has 0 atom stereocenters. The Morgan fingerprint density at radius 2 is 1.21 bits per heavy atom. The van der Waals surface area contributed by atoms with Crippen molar-refractivity contribution in [3.8, 4) is 0 Å². The molecule has 0 aromatic heterocycles. The topological polar surface area (TPSA) is 23.5 Å². The Morgan fingerprint density at radius 1 is 0.857 bits per heavy atom. The van der Waals surface area contributed by atoms with Crippen LogP contribution in [0.3, 0.4) is 0 Å². The van der Waals surface area contributed by atoms with E-state index in [1.54, 1.807) is 0 Å². The third-order valence-corrected chi connectivity index (χ3v) is 1.90. The maximum absolute atomic E-state index is 7.00. The standard InChI is InChI=1S/C7H15N.2C2H6.CH4O/c1-2-8-6-4-3-5-7-8;3*1-2/h2-7H2,1H3;2*1-2H3;2H,1H3. The first-order valence-corrected chi connectivity index (χ1v) is 6.10. The molecular weight excluding hydrogens is 174 g/mol. The average molecular weight is 205 g/mol. The normalized spacial score (nSPS) is 14.8. The third-order valence-electron chi connectivity index (χ3n) is 1.90. The highest BCUT2D eigenvalue weighted by atomic mass is 16.2. The lowest BCUT2D eigenvalue weighted by Crippen LogP contribution is -2.29. The van der Waals surface area contributed by atoms with E-state index in [1.165, 1.54) is 38.9 Å². The van der Waals surface area contributed by atoms with Crippen LogP contribution < -0.4 is 0 Å². The molecule has 90 valence electrons. The van der Waals surface area contributed by atoms with Crippen LogP contribution in [-0.2, 0) is 0 Å². The molecule has 1 heterocycles. The van der Waals surface area contributed by atoms with Gasteiger partial charge in [-0.25, -0.2) is 0 Å². The molecule has 1 fully saturated rings. The zero-order valence-electron chi connectivity index (χ0n) is 11.1. The molecule has 0 aromatic carbocycles. The fourth-order valence-corrected chi connectivity index (χ4v) is 1.28. The first kappa shape index (κ1) is 19.5. The number of nitrogens with zero attached hydrogens (tertiary/aromatic N) is 1. The number of aliphatic hydroxyl groups excluding tert-OH is 1. The first-order chi connectivity index (χ1) is 6.93. The fourth-order valence-electron chi connectivity index (χ4n) is 1.28. The smallest absolute Gasteiger partial charge is 0.0319 e. The summed E-state index contributed by atoms with van der Waals surface area (Å²) in [4.78, 5) is 2.52. The van der Waals surface area contributed by atoms with Crippen LogP contribution >= 0.6 is 0 Å². The van der Waals surface area contributed by atoms with Gasteiger partial charge in [-0.1, -0.05) is 41.0 Å². The van der Waals surface area contributed by atoms with Gasteiger partial charge in [-0.2, -0.15) is 0 Å². The summed E-state index contributed by atoms with van der Waals surface area (Å²) < 4.78 is 0. The molecule has 1 saturated heterocycles. The first-order valence-electron chi connectivity index (χ1n) is 6.10. The highest BCUT2D eigenvalue weighted by molar-refractivity contribution is 4.61. The van der Waals surface area contributed by atoms with E-state index in [9.17, 15) is 0 Å². The van der Waals surface area contributed by atoms with E-state index in [1.807, 2.05) is 27.7 Å². The predicted molar refractivity (Wildman–Crippen MR) is 66.8 cm³/mol. The Labute approximate surface area is 91.3 Å². The van der Waals surface area contributed by atoms with Crippen LogP contribution in [0.2, 0.25) is 0 Å². The summed E-state index contributed by atoms with van der Waals surface area (Å²) in [6, 6.07) is 0. The summed E-state index contributed by atoms with van der Waals surface area (Å²) >= 11 is 0. The van der Waals surface area contributed by atoms with Crippen molar-refractivity contribution in [1.82, 2.24) is 4.90 Å². The van der Waals surface area contributed by atoms with Gasteiger partial charge in [-0.05, 0) is 32.5 Å². The second-order valence-electron chi connectivity index (χ2n) is 2.49. The van der Waals surface area contributed by atoms with Crippen molar-refractivity contribution < 1.29 is 5.11 Å². The van der Waals surface area contributed by atoms with E-state index < -0.39 is 0 Å². The average Bonchev–Trinajstić information content (AvgIpc) is 2.37. The van der Waals surface area contributed by atoms with E-state index in [0.717, 1.165) is 7.11 Å². The molecule has 14 heavy (non-hydrogen) atoms. The van der Waals surface area contributed by atoms with E-state index >= 15 is 0 Å². The molecule has 2 nitrogen and oxygen atoms in total. The summed E-state index contributed by atoms with van der Waals surface area (Å²) in [5.74, 6) is 0. The number of hydrogen-bond donors (Lipinski definition) is 1. The third kappa shape index (κ3) is 14.4. The summed E-state index contributed by atoms with van der Waals surface area (Å²) in [6.45, 7) is 14.2. The molecular formula is C12H31NO. The van der Waals surface area contributed by atoms with Crippen LogP contribution in [0.4, 0.5) is 0 Å². The molecule has 0 radical (unpaired) electrons. The van der Waals surface area contributed by atoms with Crippen LogP contribution in [0.5, 0.6) is 0 Å². The largest absolute Gasteiger partial charge is 0.400 e. The van der Waals surface area contributed by atoms with E-state index in [0.29, 0.717) is 0 Å². The number of hydrogen-bond acceptors (Lipinski definition) is 2. The minimum atomic E-state index is 1.00. The number of aliphatic hydroxyl groups is 1. The lowest BCUT2D eigenvalue weighted by Gasteiger charge is -2.24. The molecule has 2 heteroatoms. The van der Waals surface area contributed by atoms with Gasteiger partial charge in [-0.3, -0.25) is 0 Å². The van der Waals surface area contributed by atoms with Gasteiger partial charge in [0.2, 0.25) is 0 Å². The monoisotopic (exact) mass is 205 g/mol. The lowest BCUT2D eigenvalue weighted by atomic mass is 10.1. The van der Waals surface area contributed by atoms with Crippen LogP contribution in [0, 0.1) is 0 Å². The van der Waals surface area contributed by atoms with Crippen LogP contribution in [0.15, 0.2) is 0 Å². The minimum absolute atomic E-state index is 1.00. The van der Waals surface area contributed by atoms with Crippen LogP contribution in [-0.4, -0.2) is 36.8 Å². The van der Waals surface area contributed by atoms with Gasteiger partial charge in [-0.15, -0.1) is 0 Å². The Balaban J connectivity index is -0.000000174. The van der Waals surface area contributed by atoms with Crippen LogP contribution in [0.25, 0.3) is 0 Å². The molecule has 0 saturated carbocycles. The van der Waals surface area contributed by atoms with Crippen molar-refractivity contribution >= 4 is 0 Å². The second-order valence-corrected chi connectivity index (χ2v) is 2.49. The second kappa shape index (κ2) is 23.1. The van der Waals surface area contributed by atoms with Crippen molar-refractivity contribution in [3.05, 3.63) is 0 Å². The van der Waals surface area contributed by atoms with Gasteiger partial charge >= 0.3 is 0 Å². The van der Waals surface area contributed by atoms with Crippen molar-refractivity contribution in [2.45, 2.75) is 53.9 Å². The minimum Gasteiger partial charge on any atom is -0.400 e. The van der Waals surface area contributed by atoms with Gasteiger partial charge in [0.25, 0.3) is 0 Å². The maximum Gasteiger partial charge on any atom is 0.0319 e. The molecule has 1 aliphatic heterocycles. The molecule has 1 aliphatic rings. The van der Waals surface area contributed by atoms with Gasteiger partial charge < -0.3 is 10.0 Å². The molecule has 0 aromatic rings.